The first-order valence-corrected chi connectivity index (χ1v) is 5.33. The Kier molecular flexibility index (Phi) is 5.26. The molecule has 0 bridgehead atoms. The van der Waals surface area contributed by atoms with E-state index < -0.39 is 0 Å². The Labute approximate surface area is 91.7 Å². The zero-order chi connectivity index (χ0) is 11.1. The van der Waals surface area contributed by atoms with Gasteiger partial charge in [-0.05, 0) is 25.2 Å². The highest BCUT2D eigenvalue weighted by atomic mass is 16.5. The van der Waals surface area contributed by atoms with E-state index >= 15 is 0 Å². The van der Waals surface area contributed by atoms with Crippen molar-refractivity contribution >= 4 is 0 Å². The molecule has 3 heteroatoms. The van der Waals surface area contributed by atoms with Crippen LogP contribution in [0.15, 0.2) is 25.7 Å². The Morgan fingerprint density at radius 1 is 1.20 bits per heavy atom. The zero-order valence-electron chi connectivity index (χ0n) is 9.35. The Balaban J connectivity index is 2.39. The van der Waals surface area contributed by atoms with Crippen LogP contribution >= 0.6 is 0 Å². The lowest BCUT2D eigenvalue weighted by atomic mass is 9.85. The van der Waals surface area contributed by atoms with Gasteiger partial charge in [-0.3, -0.25) is 0 Å². The van der Waals surface area contributed by atoms with Gasteiger partial charge < -0.3 is 14.2 Å². The van der Waals surface area contributed by atoms with E-state index in [1.54, 1.807) is 7.11 Å². The smallest absolute Gasteiger partial charge is 0.124 e. The molecule has 0 saturated heterocycles. The summed E-state index contributed by atoms with van der Waals surface area (Å²) in [5.74, 6) is 0.539. The van der Waals surface area contributed by atoms with Crippen molar-refractivity contribution < 1.29 is 14.2 Å². The van der Waals surface area contributed by atoms with Gasteiger partial charge in [-0.15, -0.1) is 0 Å². The second-order valence-electron chi connectivity index (χ2n) is 3.79. The number of rotatable bonds is 6. The predicted octanol–water partition coefficient (Wildman–Crippen LogP) is 2.49. The molecule has 3 atom stereocenters. The first kappa shape index (κ1) is 12.1. The second-order valence-corrected chi connectivity index (χ2v) is 3.79. The van der Waals surface area contributed by atoms with Gasteiger partial charge in [0.1, 0.15) is 6.10 Å². The normalized spacial score (nSPS) is 30.6. The van der Waals surface area contributed by atoms with Crippen LogP contribution < -0.4 is 0 Å². The van der Waals surface area contributed by atoms with E-state index in [2.05, 4.69) is 13.2 Å². The van der Waals surface area contributed by atoms with E-state index in [0.29, 0.717) is 5.92 Å². The maximum absolute atomic E-state index is 5.42. The molecule has 0 spiro atoms. The van der Waals surface area contributed by atoms with E-state index in [0.717, 1.165) is 25.9 Å². The maximum Gasteiger partial charge on any atom is 0.124 e. The van der Waals surface area contributed by atoms with Gasteiger partial charge in [-0.2, -0.15) is 0 Å². The van der Waals surface area contributed by atoms with E-state index in [1.807, 2.05) is 0 Å². The monoisotopic (exact) mass is 212 g/mol. The highest BCUT2D eigenvalue weighted by molar-refractivity contribution is 4.83. The van der Waals surface area contributed by atoms with Gasteiger partial charge in [-0.25, -0.2) is 0 Å². The van der Waals surface area contributed by atoms with Crippen LogP contribution in [0.25, 0.3) is 0 Å². The van der Waals surface area contributed by atoms with Crippen molar-refractivity contribution in [3.05, 3.63) is 25.7 Å². The van der Waals surface area contributed by atoms with Crippen molar-refractivity contribution in [1.29, 1.82) is 0 Å². The van der Waals surface area contributed by atoms with Crippen LogP contribution in [0, 0.1) is 5.92 Å². The fourth-order valence-corrected chi connectivity index (χ4v) is 2.07. The molecule has 0 heterocycles. The molecule has 0 aromatic rings. The summed E-state index contributed by atoms with van der Waals surface area (Å²) in [6.07, 6.45) is 6.36. The van der Waals surface area contributed by atoms with Crippen molar-refractivity contribution in [3.63, 3.8) is 0 Å². The molecule has 0 N–H and O–H groups in total. The molecule has 1 aliphatic carbocycles. The molecule has 0 radical (unpaired) electrons. The molecule has 0 aromatic heterocycles. The number of hydrogen-bond acceptors (Lipinski definition) is 3. The second kappa shape index (κ2) is 6.51. The fourth-order valence-electron chi connectivity index (χ4n) is 2.07. The molecule has 0 aliphatic heterocycles. The maximum atomic E-state index is 5.42. The summed E-state index contributed by atoms with van der Waals surface area (Å²) in [5.41, 5.74) is 0. The third-order valence-electron chi connectivity index (χ3n) is 2.86. The molecule has 0 aromatic carbocycles. The van der Waals surface area contributed by atoms with Crippen molar-refractivity contribution in [2.75, 3.05) is 13.7 Å². The van der Waals surface area contributed by atoms with E-state index in [-0.39, 0.29) is 12.2 Å². The van der Waals surface area contributed by atoms with Crippen LogP contribution in [0.4, 0.5) is 0 Å². The van der Waals surface area contributed by atoms with Crippen molar-refractivity contribution in [2.24, 2.45) is 5.92 Å². The highest BCUT2D eigenvalue weighted by Gasteiger charge is 2.31. The summed E-state index contributed by atoms with van der Waals surface area (Å²) in [5, 5.41) is 0. The lowest BCUT2D eigenvalue weighted by molar-refractivity contribution is -0.0627. The lowest BCUT2D eigenvalue weighted by Crippen LogP contribution is -2.37. The van der Waals surface area contributed by atoms with Gasteiger partial charge in [0.15, 0.2) is 0 Å². The molecule has 86 valence electrons. The summed E-state index contributed by atoms with van der Waals surface area (Å²) in [6, 6.07) is 0. The Bertz CT molecular complexity index is 203. The first-order chi connectivity index (χ1) is 7.31. The van der Waals surface area contributed by atoms with Crippen LogP contribution in [0.5, 0.6) is 0 Å². The van der Waals surface area contributed by atoms with Gasteiger partial charge >= 0.3 is 0 Å². The fraction of sp³-hybridized carbons (Fsp3) is 0.667. The molecule has 1 saturated carbocycles. The van der Waals surface area contributed by atoms with Crippen LogP contribution in [-0.4, -0.2) is 25.9 Å². The Hall–Kier alpha value is -0.960. The van der Waals surface area contributed by atoms with Gasteiger partial charge in [0, 0.05) is 7.11 Å². The first-order valence-electron chi connectivity index (χ1n) is 5.33. The molecule has 3 nitrogen and oxygen atoms in total. The molecule has 1 rings (SSSR count). The summed E-state index contributed by atoms with van der Waals surface area (Å²) in [6.45, 7) is 7.84. The van der Waals surface area contributed by atoms with Gasteiger partial charge in [0.25, 0.3) is 0 Å². The zero-order valence-corrected chi connectivity index (χ0v) is 9.35. The molecule has 3 unspecified atom stereocenters. The van der Waals surface area contributed by atoms with E-state index in [4.69, 9.17) is 14.2 Å². The largest absolute Gasteiger partial charge is 0.502 e. The van der Waals surface area contributed by atoms with Gasteiger partial charge in [0.05, 0.1) is 25.2 Å². The number of ether oxygens (including phenoxy) is 3. The minimum absolute atomic E-state index is 0.146. The van der Waals surface area contributed by atoms with Gasteiger partial charge in [-0.1, -0.05) is 13.2 Å². The average Bonchev–Trinajstić information content (AvgIpc) is 2.28. The molecule has 1 aliphatic rings. The summed E-state index contributed by atoms with van der Waals surface area (Å²) in [7, 11) is 1.72. The van der Waals surface area contributed by atoms with Crippen molar-refractivity contribution in [2.45, 2.75) is 31.5 Å². The highest BCUT2D eigenvalue weighted by Crippen LogP contribution is 2.28. The average molecular weight is 212 g/mol. The molecule has 15 heavy (non-hydrogen) atoms. The molecule has 0 amide bonds. The lowest BCUT2D eigenvalue weighted by Gasteiger charge is -2.34. The van der Waals surface area contributed by atoms with Gasteiger partial charge in [0.2, 0.25) is 0 Å². The molecular formula is C12H20O3. The van der Waals surface area contributed by atoms with Crippen molar-refractivity contribution in [1.82, 2.24) is 0 Å². The quantitative estimate of drug-likeness (QED) is 0.633. The van der Waals surface area contributed by atoms with Crippen LogP contribution in [0.2, 0.25) is 0 Å². The Morgan fingerprint density at radius 3 is 2.60 bits per heavy atom. The molecule has 1 fully saturated rings. The third-order valence-corrected chi connectivity index (χ3v) is 2.86. The van der Waals surface area contributed by atoms with Crippen molar-refractivity contribution in [3.8, 4) is 0 Å². The predicted molar refractivity (Wildman–Crippen MR) is 59.4 cm³/mol. The van der Waals surface area contributed by atoms with Crippen LogP contribution in [0.1, 0.15) is 19.3 Å². The minimum Gasteiger partial charge on any atom is -0.502 e. The topological polar surface area (TPSA) is 27.7 Å². The third kappa shape index (κ3) is 3.59. The summed E-state index contributed by atoms with van der Waals surface area (Å²) in [4.78, 5) is 0. The number of methoxy groups -OCH3 is 1. The SMILES string of the molecule is C=COCC1CCC(OC=C)C(OC)C1. The number of hydrogen-bond donors (Lipinski definition) is 0. The minimum atomic E-state index is 0.146. The Morgan fingerprint density at radius 2 is 2.00 bits per heavy atom. The van der Waals surface area contributed by atoms with E-state index in [1.165, 1.54) is 12.5 Å². The summed E-state index contributed by atoms with van der Waals surface area (Å²) >= 11 is 0. The standard InChI is InChI=1S/C12H20O3/c1-4-14-9-10-6-7-11(15-5-2)12(8-10)13-3/h4-5,10-12H,1-2,6-9H2,3H3. The van der Waals surface area contributed by atoms with Crippen LogP contribution in [-0.2, 0) is 14.2 Å². The summed E-state index contributed by atoms with van der Waals surface area (Å²) < 4.78 is 16.0. The van der Waals surface area contributed by atoms with E-state index in [9.17, 15) is 0 Å². The van der Waals surface area contributed by atoms with Crippen LogP contribution in [0.3, 0.4) is 0 Å². The molecular weight excluding hydrogens is 192 g/mol.